The van der Waals surface area contributed by atoms with Gasteiger partial charge in [0.15, 0.2) is 0 Å². The topological polar surface area (TPSA) is 35.6 Å². The number of amides is 1. The van der Waals surface area contributed by atoms with Crippen molar-refractivity contribution in [3.63, 3.8) is 0 Å². The number of carbonyl (C=O) groups is 1. The van der Waals surface area contributed by atoms with Crippen LogP contribution >= 0.6 is 11.6 Å². The first kappa shape index (κ1) is 15.8. The first-order chi connectivity index (χ1) is 10.7. The Balaban J connectivity index is 1.44. The molecule has 1 N–H and O–H groups in total. The number of piperazine rings is 1. The largest absolute Gasteiger partial charge is 0.340 e. The summed E-state index contributed by atoms with van der Waals surface area (Å²) in [5, 5.41) is 4.07. The van der Waals surface area contributed by atoms with Gasteiger partial charge in [-0.25, -0.2) is 0 Å². The zero-order valence-corrected chi connectivity index (χ0v) is 13.7. The molecule has 2 aliphatic heterocycles. The van der Waals surface area contributed by atoms with Crippen molar-refractivity contribution in [2.45, 2.75) is 18.8 Å². The molecule has 0 aromatic heterocycles. The second kappa shape index (κ2) is 7.44. The van der Waals surface area contributed by atoms with E-state index in [9.17, 15) is 4.79 Å². The van der Waals surface area contributed by atoms with Crippen molar-refractivity contribution >= 4 is 17.5 Å². The third-order valence-electron chi connectivity index (χ3n) is 4.73. The highest BCUT2D eigenvalue weighted by Crippen LogP contribution is 2.28. The van der Waals surface area contributed by atoms with E-state index in [0.717, 1.165) is 50.8 Å². The zero-order valence-electron chi connectivity index (χ0n) is 12.9. The van der Waals surface area contributed by atoms with Crippen LogP contribution in [0.5, 0.6) is 0 Å². The molecule has 1 aromatic rings. The van der Waals surface area contributed by atoms with Crippen LogP contribution in [0.15, 0.2) is 24.3 Å². The number of halogens is 1. The van der Waals surface area contributed by atoms with Gasteiger partial charge in [-0.05, 0) is 36.6 Å². The van der Waals surface area contributed by atoms with E-state index in [1.165, 1.54) is 12.0 Å². The Morgan fingerprint density at radius 3 is 2.64 bits per heavy atom. The summed E-state index contributed by atoms with van der Waals surface area (Å²) in [6.45, 7) is 6.58. The van der Waals surface area contributed by atoms with Crippen molar-refractivity contribution in [3.8, 4) is 0 Å². The Hall–Kier alpha value is -1.10. The number of carbonyl (C=O) groups excluding carboxylic acids is 1. The second-order valence-corrected chi connectivity index (χ2v) is 6.65. The van der Waals surface area contributed by atoms with Gasteiger partial charge in [-0.3, -0.25) is 4.79 Å². The molecule has 0 bridgehead atoms. The van der Waals surface area contributed by atoms with E-state index in [4.69, 9.17) is 11.6 Å². The maximum Gasteiger partial charge on any atom is 0.223 e. The molecule has 2 saturated heterocycles. The molecule has 22 heavy (non-hydrogen) atoms. The molecule has 4 nitrogen and oxygen atoms in total. The van der Waals surface area contributed by atoms with E-state index in [2.05, 4.69) is 22.3 Å². The minimum absolute atomic E-state index is 0.302. The third kappa shape index (κ3) is 4.00. The summed E-state index contributed by atoms with van der Waals surface area (Å²) in [6.07, 6.45) is 1.82. The summed E-state index contributed by atoms with van der Waals surface area (Å²) in [4.78, 5) is 16.6. The van der Waals surface area contributed by atoms with E-state index < -0.39 is 0 Å². The quantitative estimate of drug-likeness (QED) is 0.920. The lowest BCUT2D eigenvalue weighted by Crippen LogP contribution is -2.47. The maximum absolute atomic E-state index is 12.2. The van der Waals surface area contributed by atoms with Gasteiger partial charge < -0.3 is 15.1 Å². The van der Waals surface area contributed by atoms with Crippen LogP contribution in [-0.4, -0.2) is 61.5 Å². The fraction of sp³-hybridized carbons (Fsp3) is 0.588. The van der Waals surface area contributed by atoms with Crippen molar-refractivity contribution < 1.29 is 4.79 Å². The Bertz CT molecular complexity index is 499. The summed E-state index contributed by atoms with van der Waals surface area (Å²) in [5.74, 6) is 0.878. The molecule has 1 unspecified atom stereocenters. The van der Waals surface area contributed by atoms with E-state index >= 15 is 0 Å². The van der Waals surface area contributed by atoms with Crippen LogP contribution in [0, 0.1) is 0 Å². The lowest BCUT2D eigenvalue weighted by molar-refractivity contribution is -0.132. The minimum atomic E-state index is 0.302. The van der Waals surface area contributed by atoms with Crippen molar-refractivity contribution in [1.29, 1.82) is 0 Å². The molecule has 1 amide bonds. The number of rotatable bonds is 4. The van der Waals surface area contributed by atoms with Gasteiger partial charge in [-0.1, -0.05) is 23.7 Å². The van der Waals surface area contributed by atoms with Crippen LogP contribution in [-0.2, 0) is 4.79 Å². The van der Waals surface area contributed by atoms with Crippen LogP contribution < -0.4 is 5.32 Å². The van der Waals surface area contributed by atoms with Gasteiger partial charge >= 0.3 is 0 Å². The molecule has 1 atom stereocenters. The highest BCUT2D eigenvalue weighted by atomic mass is 35.5. The normalized spacial score (nSPS) is 23.0. The first-order valence-electron chi connectivity index (χ1n) is 8.19. The van der Waals surface area contributed by atoms with Crippen LogP contribution in [0.2, 0.25) is 5.02 Å². The molecule has 2 aliphatic rings. The lowest BCUT2D eigenvalue weighted by atomic mass is 9.99. The summed E-state index contributed by atoms with van der Waals surface area (Å²) in [6, 6.07) is 8.19. The van der Waals surface area contributed by atoms with E-state index in [0.29, 0.717) is 18.2 Å². The number of hydrogen-bond acceptors (Lipinski definition) is 3. The van der Waals surface area contributed by atoms with E-state index in [1.54, 1.807) is 0 Å². The van der Waals surface area contributed by atoms with Crippen molar-refractivity contribution in [1.82, 2.24) is 15.1 Å². The Morgan fingerprint density at radius 1 is 1.18 bits per heavy atom. The first-order valence-corrected chi connectivity index (χ1v) is 8.56. The molecular formula is C17H24ClN3O. The molecule has 0 saturated carbocycles. The number of nitrogens with zero attached hydrogens (tertiary/aromatic N) is 2. The molecule has 120 valence electrons. The highest BCUT2D eigenvalue weighted by Gasteiger charge is 2.25. The Morgan fingerprint density at radius 2 is 1.91 bits per heavy atom. The molecular weight excluding hydrogens is 298 g/mol. The number of benzene rings is 1. The van der Waals surface area contributed by atoms with Crippen molar-refractivity contribution in [2.24, 2.45) is 0 Å². The molecule has 2 heterocycles. The fourth-order valence-corrected chi connectivity index (χ4v) is 3.49. The zero-order chi connectivity index (χ0) is 15.4. The van der Waals surface area contributed by atoms with Gasteiger partial charge in [0, 0.05) is 50.7 Å². The Kier molecular flexibility index (Phi) is 5.34. The average molecular weight is 322 g/mol. The molecule has 0 radical (unpaired) electrons. The lowest BCUT2D eigenvalue weighted by Gasteiger charge is -2.28. The van der Waals surface area contributed by atoms with E-state index in [1.807, 2.05) is 17.0 Å². The molecule has 1 aromatic carbocycles. The van der Waals surface area contributed by atoms with Gasteiger partial charge in [0.25, 0.3) is 0 Å². The molecule has 5 heteroatoms. The predicted molar refractivity (Wildman–Crippen MR) is 89.3 cm³/mol. The monoisotopic (exact) mass is 321 g/mol. The van der Waals surface area contributed by atoms with Crippen molar-refractivity contribution in [2.75, 3.05) is 45.8 Å². The SMILES string of the molecule is O=C(CCN1CCC(c2ccc(Cl)cc2)C1)N1CCNCC1. The summed E-state index contributed by atoms with van der Waals surface area (Å²) < 4.78 is 0. The van der Waals surface area contributed by atoms with Crippen molar-refractivity contribution in [3.05, 3.63) is 34.9 Å². The van der Waals surface area contributed by atoms with Crippen LogP contribution in [0.4, 0.5) is 0 Å². The molecule has 0 aliphatic carbocycles. The number of hydrogen-bond donors (Lipinski definition) is 1. The molecule has 2 fully saturated rings. The summed E-state index contributed by atoms with van der Waals surface area (Å²) in [5.41, 5.74) is 1.36. The Labute approximate surface area is 137 Å². The number of likely N-dealkylation sites (tertiary alicyclic amines) is 1. The van der Waals surface area contributed by atoms with Crippen LogP contribution in [0.3, 0.4) is 0 Å². The summed E-state index contributed by atoms with van der Waals surface area (Å²) in [7, 11) is 0. The minimum Gasteiger partial charge on any atom is -0.340 e. The predicted octanol–water partition coefficient (Wildman–Crippen LogP) is 1.95. The summed E-state index contributed by atoms with van der Waals surface area (Å²) >= 11 is 5.95. The van der Waals surface area contributed by atoms with Gasteiger partial charge in [0.1, 0.15) is 0 Å². The van der Waals surface area contributed by atoms with Crippen LogP contribution in [0.25, 0.3) is 0 Å². The van der Waals surface area contributed by atoms with Gasteiger partial charge in [-0.2, -0.15) is 0 Å². The second-order valence-electron chi connectivity index (χ2n) is 6.22. The fourth-order valence-electron chi connectivity index (χ4n) is 3.37. The van der Waals surface area contributed by atoms with E-state index in [-0.39, 0.29) is 0 Å². The molecule has 0 spiro atoms. The van der Waals surface area contributed by atoms with Gasteiger partial charge in [0.05, 0.1) is 0 Å². The number of nitrogens with one attached hydrogen (secondary N) is 1. The smallest absolute Gasteiger partial charge is 0.223 e. The van der Waals surface area contributed by atoms with Crippen LogP contribution in [0.1, 0.15) is 24.3 Å². The third-order valence-corrected chi connectivity index (χ3v) is 4.98. The standard InChI is InChI=1S/C17H24ClN3O/c18-16-3-1-14(2-4-16)15-5-9-20(13-15)10-6-17(22)21-11-7-19-8-12-21/h1-4,15,19H,5-13H2. The average Bonchev–Trinajstić information content (AvgIpc) is 3.03. The van der Waals surface area contributed by atoms with Gasteiger partial charge in [0.2, 0.25) is 5.91 Å². The highest BCUT2D eigenvalue weighted by molar-refractivity contribution is 6.30. The molecule has 3 rings (SSSR count). The van der Waals surface area contributed by atoms with Gasteiger partial charge in [-0.15, -0.1) is 0 Å². The maximum atomic E-state index is 12.2.